The topological polar surface area (TPSA) is 49.9 Å². The third-order valence-electron chi connectivity index (χ3n) is 2.30. The number of hydrogen-bond donors (Lipinski definition) is 1. The molecule has 0 aromatic carbocycles. The molecule has 0 amide bonds. The lowest BCUT2D eigenvalue weighted by Gasteiger charge is -2.02. The van der Waals surface area contributed by atoms with Crippen LogP contribution in [0.5, 0.6) is 0 Å². The second-order valence-corrected chi connectivity index (χ2v) is 4.58. The molecule has 15 heavy (non-hydrogen) atoms. The molecule has 0 fully saturated rings. The zero-order chi connectivity index (χ0) is 11.2. The highest BCUT2D eigenvalue weighted by Gasteiger charge is 2.15. The van der Waals surface area contributed by atoms with E-state index in [2.05, 4.69) is 4.98 Å². The number of carbonyl (C=O) groups is 1. The number of aromatic nitrogens is 1. The van der Waals surface area contributed by atoms with Crippen LogP contribution in [0.15, 0.2) is 10.2 Å². The van der Waals surface area contributed by atoms with Gasteiger partial charge in [-0.1, -0.05) is 11.6 Å². The van der Waals surface area contributed by atoms with Crippen molar-refractivity contribution in [1.82, 2.24) is 4.98 Å². The fourth-order valence-electron chi connectivity index (χ4n) is 1.66. The second-order valence-electron chi connectivity index (χ2n) is 3.30. The van der Waals surface area contributed by atoms with Crippen LogP contribution in [-0.2, 0) is 0 Å². The number of fused-ring (bicyclic) bond motifs is 1. The van der Waals surface area contributed by atoms with Crippen molar-refractivity contribution in [3.8, 4) is 0 Å². The van der Waals surface area contributed by atoms with Crippen LogP contribution in [0.1, 0.15) is 22.8 Å². The monoisotopic (exact) mass is 241 g/mol. The minimum atomic E-state index is -0.342. The smallest absolute Gasteiger partial charge is 0.260 e. The molecule has 0 saturated carbocycles. The number of Topliss-reactive ketones (excluding diaryl/α,β-unsaturated/α-hetero) is 1. The highest BCUT2D eigenvalue weighted by molar-refractivity contribution is 7.17. The van der Waals surface area contributed by atoms with Gasteiger partial charge >= 0.3 is 0 Å². The standard InChI is InChI=1S/C10H8ClNO2S/c1-4-7(5(2)13)9(14)12-10-8(4)6(11)3-15-10/h3H,1-2H3,(H,12,14). The Balaban J connectivity index is 3.00. The van der Waals surface area contributed by atoms with Gasteiger partial charge < -0.3 is 4.98 Å². The molecule has 0 atom stereocenters. The lowest BCUT2D eigenvalue weighted by Crippen LogP contribution is -2.17. The number of aromatic amines is 1. The first-order chi connectivity index (χ1) is 7.02. The predicted octanol–water partition coefficient (Wildman–Crippen LogP) is 2.75. The molecule has 2 aromatic rings. The van der Waals surface area contributed by atoms with Crippen LogP contribution in [0.2, 0.25) is 5.02 Å². The van der Waals surface area contributed by atoms with Crippen LogP contribution < -0.4 is 5.56 Å². The Bertz CT molecular complexity index is 612. The summed E-state index contributed by atoms with van der Waals surface area (Å²) in [5.74, 6) is -0.238. The van der Waals surface area contributed by atoms with Crippen molar-refractivity contribution in [3.63, 3.8) is 0 Å². The average molecular weight is 242 g/mol. The molecule has 0 aliphatic carbocycles. The number of rotatable bonds is 1. The second kappa shape index (κ2) is 3.47. The van der Waals surface area contributed by atoms with Crippen LogP contribution in [0.25, 0.3) is 10.2 Å². The largest absolute Gasteiger partial charge is 0.313 e. The highest BCUT2D eigenvalue weighted by Crippen LogP contribution is 2.31. The molecule has 0 radical (unpaired) electrons. The fraction of sp³-hybridized carbons (Fsp3) is 0.200. The minimum absolute atomic E-state index is 0.197. The van der Waals surface area contributed by atoms with Gasteiger partial charge in [0.05, 0.1) is 10.6 Å². The van der Waals surface area contributed by atoms with Crippen molar-refractivity contribution < 1.29 is 4.79 Å². The number of carbonyl (C=O) groups excluding carboxylic acids is 1. The normalized spacial score (nSPS) is 10.9. The zero-order valence-electron chi connectivity index (χ0n) is 8.18. The van der Waals surface area contributed by atoms with Crippen molar-refractivity contribution in [1.29, 1.82) is 0 Å². The molecular weight excluding hydrogens is 234 g/mol. The minimum Gasteiger partial charge on any atom is -0.313 e. The van der Waals surface area contributed by atoms with E-state index in [1.165, 1.54) is 18.3 Å². The Morgan fingerprint density at radius 2 is 2.20 bits per heavy atom. The predicted molar refractivity (Wildman–Crippen MR) is 62.2 cm³/mol. The molecular formula is C10H8ClNO2S. The molecule has 0 spiro atoms. The molecule has 5 heteroatoms. The maximum absolute atomic E-state index is 11.6. The van der Waals surface area contributed by atoms with Crippen molar-refractivity contribution in [2.24, 2.45) is 0 Å². The third kappa shape index (κ3) is 1.50. The van der Waals surface area contributed by atoms with E-state index in [1.807, 2.05) is 0 Å². The van der Waals surface area contributed by atoms with Crippen molar-refractivity contribution in [2.45, 2.75) is 13.8 Å². The summed E-state index contributed by atoms with van der Waals surface area (Å²) >= 11 is 7.35. The van der Waals surface area contributed by atoms with Crippen LogP contribution >= 0.6 is 22.9 Å². The number of aryl methyl sites for hydroxylation is 1. The molecule has 0 aliphatic heterocycles. The van der Waals surface area contributed by atoms with Crippen molar-refractivity contribution in [2.75, 3.05) is 0 Å². The summed E-state index contributed by atoms with van der Waals surface area (Å²) in [6.07, 6.45) is 0. The van der Waals surface area contributed by atoms with E-state index in [-0.39, 0.29) is 16.9 Å². The fourth-order valence-corrected chi connectivity index (χ4v) is 2.96. The summed E-state index contributed by atoms with van der Waals surface area (Å²) in [6.45, 7) is 3.12. The van der Waals surface area contributed by atoms with Gasteiger partial charge in [0.15, 0.2) is 5.78 Å². The average Bonchev–Trinajstić information content (AvgIpc) is 2.46. The maximum Gasteiger partial charge on any atom is 0.260 e. The Labute approximate surface area is 94.7 Å². The Kier molecular flexibility index (Phi) is 2.40. The molecule has 2 heterocycles. The Hall–Kier alpha value is -1.13. The number of halogens is 1. The van der Waals surface area contributed by atoms with Crippen LogP contribution in [-0.4, -0.2) is 10.8 Å². The molecule has 1 N–H and O–H groups in total. The summed E-state index contributed by atoms with van der Waals surface area (Å²) in [7, 11) is 0. The number of thiophene rings is 1. The van der Waals surface area contributed by atoms with Gasteiger partial charge in [-0.25, -0.2) is 0 Å². The van der Waals surface area contributed by atoms with Gasteiger partial charge in [-0.05, 0) is 19.4 Å². The quantitative estimate of drug-likeness (QED) is 0.781. The molecule has 0 saturated heterocycles. The van der Waals surface area contributed by atoms with Gasteiger partial charge in [-0.15, -0.1) is 11.3 Å². The SMILES string of the molecule is CC(=O)c1c(C)c2c(Cl)csc2[nH]c1=O. The van der Waals surface area contributed by atoms with Crippen LogP contribution in [0.3, 0.4) is 0 Å². The number of H-pyrrole nitrogens is 1. The third-order valence-corrected chi connectivity index (χ3v) is 3.63. The van der Waals surface area contributed by atoms with Gasteiger partial charge in [-0.2, -0.15) is 0 Å². The van der Waals surface area contributed by atoms with E-state index in [9.17, 15) is 9.59 Å². The molecule has 3 nitrogen and oxygen atoms in total. The summed E-state index contributed by atoms with van der Waals surface area (Å²) in [6, 6.07) is 0. The van der Waals surface area contributed by atoms with E-state index in [0.717, 1.165) is 5.39 Å². The van der Waals surface area contributed by atoms with Gasteiger partial charge in [0.25, 0.3) is 5.56 Å². The van der Waals surface area contributed by atoms with E-state index >= 15 is 0 Å². The molecule has 2 rings (SSSR count). The zero-order valence-corrected chi connectivity index (χ0v) is 9.75. The van der Waals surface area contributed by atoms with E-state index in [1.54, 1.807) is 12.3 Å². The van der Waals surface area contributed by atoms with Gasteiger partial charge in [-0.3, -0.25) is 9.59 Å². The number of ketones is 1. The molecule has 0 bridgehead atoms. The number of hydrogen-bond acceptors (Lipinski definition) is 3. The van der Waals surface area contributed by atoms with Gasteiger partial charge in [0.1, 0.15) is 4.83 Å². The summed E-state index contributed by atoms with van der Waals surface area (Å²) in [4.78, 5) is 26.3. The first kappa shape index (κ1) is 10.4. The van der Waals surface area contributed by atoms with Crippen LogP contribution in [0.4, 0.5) is 0 Å². The number of pyridine rings is 1. The van der Waals surface area contributed by atoms with E-state index in [0.29, 0.717) is 15.4 Å². The van der Waals surface area contributed by atoms with Crippen LogP contribution in [0, 0.1) is 6.92 Å². The van der Waals surface area contributed by atoms with Crippen molar-refractivity contribution >= 4 is 38.9 Å². The van der Waals surface area contributed by atoms with Gasteiger partial charge in [0.2, 0.25) is 0 Å². The number of nitrogens with one attached hydrogen (secondary N) is 1. The Morgan fingerprint density at radius 1 is 1.53 bits per heavy atom. The first-order valence-electron chi connectivity index (χ1n) is 4.33. The van der Waals surface area contributed by atoms with Crippen molar-refractivity contribution in [3.05, 3.63) is 31.9 Å². The first-order valence-corrected chi connectivity index (χ1v) is 5.58. The highest BCUT2D eigenvalue weighted by atomic mass is 35.5. The lowest BCUT2D eigenvalue weighted by atomic mass is 10.1. The van der Waals surface area contributed by atoms with E-state index < -0.39 is 0 Å². The van der Waals surface area contributed by atoms with Gasteiger partial charge in [0, 0.05) is 10.8 Å². The summed E-state index contributed by atoms with van der Waals surface area (Å²) < 4.78 is 0. The Morgan fingerprint density at radius 3 is 2.80 bits per heavy atom. The molecule has 0 unspecified atom stereocenters. The summed E-state index contributed by atoms with van der Waals surface area (Å²) in [5, 5.41) is 3.09. The molecule has 2 aromatic heterocycles. The van der Waals surface area contributed by atoms with E-state index in [4.69, 9.17) is 11.6 Å². The molecule has 78 valence electrons. The summed E-state index contributed by atoms with van der Waals surface area (Å²) in [5.41, 5.74) is 0.515. The lowest BCUT2D eigenvalue weighted by molar-refractivity contribution is 0.101. The molecule has 0 aliphatic rings. The maximum atomic E-state index is 11.6.